The highest BCUT2D eigenvalue weighted by Gasteiger charge is 2.05. The summed E-state index contributed by atoms with van der Waals surface area (Å²) in [6.45, 7) is 7.20. The van der Waals surface area contributed by atoms with Crippen molar-refractivity contribution in [1.29, 1.82) is 0 Å². The molecular weight excluding hydrogens is 174 g/mol. The topological polar surface area (TPSA) is 30.7 Å². The Morgan fingerprint density at radius 3 is 2.50 bits per heavy atom. The quantitative estimate of drug-likeness (QED) is 0.727. The monoisotopic (exact) mass is 187 g/mol. The number of rotatable bonds is 3. The standard InChI is InChI=1S/C8H14ClN3/c1-6(2)4-5-12-7(3)10-11-8(12)9/h6H,4-5H2,1-3H3. The average molecular weight is 188 g/mol. The molecule has 1 rings (SSSR count). The van der Waals surface area contributed by atoms with E-state index in [1.807, 2.05) is 11.5 Å². The highest BCUT2D eigenvalue weighted by molar-refractivity contribution is 6.28. The van der Waals surface area contributed by atoms with E-state index in [2.05, 4.69) is 24.0 Å². The second-order valence-electron chi connectivity index (χ2n) is 3.35. The zero-order chi connectivity index (χ0) is 9.14. The van der Waals surface area contributed by atoms with Crippen LogP contribution >= 0.6 is 11.6 Å². The third-order valence-electron chi connectivity index (χ3n) is 1.82. The zero-order valence-corrected chi connectivity index (χ0v) is 8.47. The number of hydrogen-bond donors (Lipinski definition) is 0. The Morgan fingerprint density at radius 1 is 1.42 bits per heavy atom. The summed E-state index contributed by atoms with van der Waals surface area (Å²) < 4.78 is 1.93. The largest absolute Gasteiger partial charge is 0.302 e. The van der Waals surface area contributed by atoms with Crippen LogP contribution in [0.5, 0.6) is 0 Å². The second-order valence-corrected chi connectivity index (χ2v) is 3.69. The minimum atomic E-state index is 0.494. The van der Waals surface area contributed by atoms with E-state index in [9.17, 15) is 0 Å². The molecule has 0 unspecified atom stereocenters. The fourth-order valence-electron chi connectivity index (χ4n) is 0.996. The molecule has 0 bridgehead atoms. The molecule has 3 nitrogen and oxygen atoms in total. The predicted octanol–water partition coefficient (Wildman–Crippen LogP) is 2.29. The van der Waals surface area contributed by atoms with Crippen molar-refractivity contribution in [2.24, 2.45) is 5.92 Å². The van der Waals surface area contributed by atoms with Crippen LogP contribution in [0.2, 0.25) is 5.28 Å². The Labute approximate surface area is 77.8 Å². The van der Waals surface area contributed by atoms with Gasteiger partial charge in [0.1, 0.15) is 5.82 Å². The van der Waals surface area contributed by atoms with Crippen molar-refractivity contribution < 1.29 is 0 Å². The summed E-state index contributed by atoms with van der Waals surface area (Å²) in [5.74, 6) is 1.57. The molecule has 0 aliphatic carbocycles. The van der Waals surface area contributed by atoms with Crippen molar-refractivity contribution in [2.75, 3.05) is 0 Å². The van der Waals surface area contributed by atoms with Gasteiger partial charge in [-0.25, -0.2) is 0 Å². The van der Waals surface area contributed by atoms with Gasteiger partial charge in [0.05, 0.1) is 0 Å². The molecule has 0 aromatic carbocycles. The van der Waals surface area contributed by atoms with Gasteiger partial charge in [-0.15, -0.1) is 10.2 Å². The van der Waals surface area contributed by atoms with E-state index in [1.165, 1.54) is 0 Å². The number of halogens is 1. The van der Waals surface area contributed by atoms with Gasteiger partial charge in [-0.2, -0.15) is 0 Å². The lowest BCUT2D eigenvalue weighted by Gasteiger charge is -2.06. The summed E-state index contributed by atoms with van der Waals surface area (Å²) in [7, 11) is 0. The van der Waals surface area contributed by atoms with Crippen molar-refractivity contribution in [3.05, 3.63) is 11.1 Å². The van der Waals surface area contributed by atoms with E-state index in [4.69, 9.17) is 11.6 Å². The van der Waals surface area contributed by atoms with E-state index < -0.39 is 0 Å². The van der Waals surface area contributed by atoms with Gasteiger partial charge in [0.25, 0.3) is 0 Å². The van der Waals surface area contributed by atoms with Gasteiger partial charge >= 0.3 is 0 Å². The summed E-state index contributed by atoms with van der Waals surface area (Å²) in [6.07, 6.45) is 1.11. The van der Waals surface area contributed by atoms with Crippen LogP contribution in [0.25, 0.3) is 0 Å². The molecule has 1 aromatic heterocycles. The van der Waals surface area contributed by atoms with Gasteiger partial charge in [-0.05, 0) is 30.9 Å². The molecule has 1 heterocycles. The molecular formula is C8H14ClN3. The van der Waals surface area contributed by atoms with Crippen molar-refractivity contribution in [2.45, 2.75) is 33.7 Å². The van der Waals surface area contributed by atoms with Crippen LogP contribution in [0.15, 0.2) is 0 Å². The summed E-state index contributed by atoms with van der Waals surface area (Å²) >= 11 is 5.82. The molecule has 0 spiro atoms. The maximum absolute atomic E-state index is 5.82. The number of nitrogens with zero attached hydrogens (tertiary/aromatic N) is 3. The molecule has 0 radical (unpaired) electrons. The van der Waals surface area contributed by atoms with E-state index in [0.717, 1.165) is 18.8 Å². The Kier molecular flexibility index (Phi) is 3.09. The van der Waals surface area contributed by atoms with E-state index in [1.54, 1.807) is 0 Å². The van der Waals surface area contributed by atoms with Gasteiger partial charge in [0, 0.05) is 6.54 Å². The van der Waals surface area contributed by atoms with E-state index >= 15 is 0 Å². The first-order valence-electron chi connectivity index (χ1n) is 4.16. The fraction of sp³-hybridized carbons (Fsp3) is 0.750. The lowest BCUT2D eigenvalue weighted by Crippen LogP contribution is -2.03. The number of aromatic nitrogens is 3. The summed E-state index contributed by atoms with van der Waals surface area (Å²) in [4.78, 5) is 0. The Bertz CT molecular complexity index is 235. The molecule has 12 heavy (non-hydrogen) atoms. The normalized spacial score (nSPS) is 11.1. The maximum atomic E-state index is 5.82. The highest BCUT2D eigenvalue weighted by atomic mass is 35.5. The fourth-order valence-corrected chi connectivity index (χ4v) is 1.24. The number of aryl methyl sites for hydroxylation is 1. The van der Waals surface area contributed by atoms with Gasteiger partial charge in [0.2, 0.25) is 5.28 Å². The molecule has 0 aliphatic heterocycles. The summed E-state index contributed by atoms with van der Waals surface area (Å²) in [6, 6.07) is 0. The van der Waals surface area contributed by atoms with Crippen molar-refractivity contribution in [3.63, 3.8) is 0 Å². The first-order chi connectivity index (χ1) is 5.61. The van der Waals surface area contributed by atoms with Crippen LogP contribution in [-0.4, -0.2) is 14.8 Å². The molecule has 0 fully saturated rings. The van der Waals surface area contributed by atoms with Crippen LogP contribution in [0, 0.1) is 12.8 Å². The predicted molar refractivity (Wildman–Crippen MR) is 49.2 cm³/mol. The molecule has 4 heteroatoms. The van der Waals surface area contributed by atoms with Crippen LogP contribution in [0.4, 0.5) is 0 Å². The third-order valence-corrected chi connectivity index (χ3v) is 2.10. The SMILES string of the molecule is Cc1nnc(Cl)n1CCC(C)C. The number of hydrogen-bond acceptors (Lipinski definition) is 2. The Hall–Kier alpha value is -0.570. The smallest absolute Gasteiger partial charge is 0.225 e. The van der Waals surface area contributed by atoms with Gasteiger partial charge in [0.15, 0.2) is 0 Å². The van der Waals surface area contributed by atoms with E-state index in [-0.39, 0.29) is 0 Å². The molecule has 1 aromatic rings. The second kappa shape index (κ2) is 3.90. The molecule has 0 saturated carbocycles. The summed E-state index contributed by atoms with van der Waals surface area (Å²) in [5.41, 5.74) is 0. The van der Waals surface area contributed by atoms with Crippen LogP contribution < -0.4 is 0 Å². The molecule has 68 valence electrons. The van der Waals surface area contributed by atoms with Crippen molar-refractivity contribution in [3.8, 4) is 0 Å². The first kappa shape index (κ1) is 9.52. The zero-order valence-electron chi connectivity index (χ0n) is 7.71. The summed E-state index contributed by atoms with van der Waals surface area (Å²) in [5, 5.41) is 8.14. The Balaban J connectivity index is 2.62. The lowest BCUT2D eigenvalue weighted by atomic mass is 10.1. The molecule has 0 N–H and O–H groups in total. The van der Waals surface area contributed by atoms with Gasteiger partial charge in [-0.3, -0.25) is 0 Å². The molecule has 0 amide bonds. The van der Waals surface area contributed by atoms with Crippen LogP contribution in [0.3, 0.4) is 0 Å². The molecule has 0 saturated heterocycles. The van der Waals surface area contributed by atoms with E-state index in [0.29, 0.717) is 11.2 Å². The average Bonchev–Trinajstić information content (AvgIpc) is 2.28. The minimum absolute atomic E-state index is 0.494. The minimum Gasteiger partial charge on any atom is -0.302 e. The van der Waals surface area contributed by atoms with Crippen molar-refractivity contribution in [1.82, 2.24) is 14.8 Å². The lowest BCUT2D eigenvalue weighted by molar-refractivity contribution is 0.510. The highest BCUT2D eigenvalue weighted by Crippen LogP contribution is 2.10. The van der Waals surface area contributed by atoms with Gasteiger partial charge < -0.3 is 4.57 Å². The molecule has 0 atom stereocenters. The Morgan fingerprint density at radius 2 is 2.08 bits per heavy atom. The van der Waals surface area contributed by atoms with Crippen LogP contribution in [-0.2, 0) is 6.54 Å². The maximum Gasteiger partial charge on any atom is 0.225 e. The molecule has 0 aliphatic rings. The third kappa shape index (κ3) is 2.21. The van der Waals surface area contributed by atoms with Gasteiger partial charge in [-0.1, -0.05) is 13.8 Å². The van der Waals surface area contributed by atoms with Crippen LogP contribution in [0.1, 0.15) is 26.1 Å². The first-order valence-corrected chi connectivity index (χ1v) is 4.54. The van der Waals surface area contributed by atoms with Crippen molar-refractivity contribution >= 4 is 11.6 Å².